The van der Waals surface area contributed by atoms with E-state index >= 15 is 0 Å². The second kappa shape index (κ2) is 6.02. The van der Waals surface area contributed by atoms with Crippen molar-refractivity contribution in [3.63, 3.8) is 0 Å². The van der Waals surface area contributed by atoms with Crippen LogP contribution < -0.4 is 14.8 Å². The third-order valence-electron chi connectivity index (χ3n) is 2.35. The lowest BCUT2D eigenvalue weighted by Crippen LogP contribution is -2.41. The summed E-state index contributed by atoms with van der Waals surface area (Å²) in [4.78, 5) is 10.7. The molecule has 0 saturated carbocycles. The number of methoxy groups -OCH3 is 1. The Bertz CT molecular complexity index is 324. The van der Waals surface area contributed by atoms with Crippen LogP contribution in [0.25, 0.3) is 0 Å². The molecule has 1 fully saturated rings. The summed E-state index contributed by atoms with van der Waals surface area (Å²) in [5, 5.41) is 3.25. The van der Waals surface area contributed by atoms with Gasteiger partial charge in [-0.15, -0.1) is 0 Å². The summed E-state index contributed by atoms with van der Waals surface area (Å²) in [7, 11) is -2.68. The Morgan fingerprint density at radius 1 is 1.56 bits per heavy atom. The highest BCUT2D eigenvalue weighted by molar-refractivity contribution is 7.88. The lowest BCUT2D eigenvalue weighted by Gasteiger charge is -2.11. The largest absolute Gasteiger partial charge is 0.452 e. The first kappa shape index (κ1) is 13.2. The van der Waals surface area contributed by atoms with Crippen molar-refractivity contribution in [2.24, 2.45) is 0 Å². The van der Waals surface area contributed by atoms with Crippen molar-refractivity contribution in [3.05, 3.63) is 0 Å². The maximum atomic E-state index is 11.2. The highest BCUT2D eigenvalue weighted by Gasteiger charge is 2.17. The van der Waals surface area contributed by atoms with Gasteiger partial charge >= 0.3 is 16.3 Å². The Kier molecular flexibility index (Phi) is 4.97. The predicted molar refractivity (Wildman–Crippen MR) is 58.1 cm³/mol. The van der Waals surface area contributed by atoms with Gasteiger partial charge in [0.15, 0.2) is 0 Å². The standard InChI is InChI=1S/C8H17N3O4S/c1-15-8(12)11-16(13,14)10-6-4-7-3-2-5-9-7/h7,9-10H,2-6H2,1H3,(H,11,12). The zero-order valence-corrected chi connectivity index (χ0v) is 9.97. The van der Waals surface area contributed by atoms with Crippen molar-refractivity contribution >= 4 is 16.3 Å². The smallest absolute Gasteiger partial charge is 0.421 e. The summed E-state index contributed by atoms with van der Waals surface area (Å²) < 4.78 is 30.6. The minimum absolute atomic E-state index is 0.296. The fourth-order valence-electron chi connectivity index (χ4n) is 1.56. The molecule has 0 radical (unpaired) electrons. The van der Waals surface area contributed by atoms with Crippen LogP contribution >= 0.6 is 0 Å². The number of rotatable bonds is 5. The van der Waals surface area contributed by atoms with E-state index < -0.39 is 16.3 Å². The summed E-state index contributed by atoms with van der Waals surface area (Å²) in [6.07, 6.45) is 1.90. The van der Waals surface area contributed by atoms with Crippen LogP contribution in [0.15, 0.2) is 0 Å². The molecule has 1 heterocycles. The SMILES string of the molecule is COC(=O)NS(=O)(=O)NCCC1CCCN1. The number of nitrogens with one attached hydrogen (secondary N) is 3. The zero-order valence-electron chi connectivity index (χ0n) is 9.15. The maximum Gasteiger partial charge on any atom is 0.421 e. The topological polar surface area (TPSA) is 96.5 Å². The molecule has 0 aromatic heterocycles. The van der Waals surface area contributed by atoms with Gasteiger partial charge in [-0.1, -0.05) is 0 Å². The predicted octanol–water partition coefficient (Wildman–Crippen LogP) is -0.681. The average Bonchev–Trinajstić information content (AvgIpc) is 2.69. The molecule has 1 amide bonds. The average molecular weight is 251 g/mol. The van der Waals surface area contributed by atoms with Gasteiger partial charge in [-0.3, -0.25) is 0 Å². The van der Waals surface area contributed by atoms with Gasteiger partial charge in [-0.05, 0) is 25.8 Å². The van der Waals surface area contributed by atoms with E-state index in [9.17, 15) is 13.2 Å². The first-order chi connectivity index (χ1) is 7.53. The molecule has 0 spiro atoms. The Balaban J connectivity index is 2.22. The maximum absolute atomic E-state index is 11.2. The van der Waals surface area contributed by atoms with Crippen molar-refractivity contribution in [1.82, 2.24) is 14.8 Å². The lowest BCUT2D eigenvalue weighted by atomic mass is 10.2. The van der Waals surface area contributed by atoms with Crippen LogP contribution in [-0.2, 0) is 14.9 Å². The molecule has 3 N–H and O–H groups in total. The number of hydrogen-bond donors (Lipinski definition) is 3. The van der Waals surface area contributed by atoms with Gasteiger partial charge in [0.1, 0.15) is 0 Å². The van der Waals surface area contributed by atoms with E-state index in [1.54, 1.807) is 4.72 Å². The molecule has 0 aromatic carbocycles. The Morgan fingerprint density at radius 3 is 2.88 bits per heavy atom. The van der Waals surface area contributed by atoms with E-state index in [2.05, 4.69) is 14.8 Å². The summed E-state index contributed by atoms with van der Waals surface area (Å²) in [6, 6.07) is 0.362. The third-order valence-corrected chi connectivity index (χ3v) is 3.37. The molecular formula is C8H17N3O4S. The van der Waals surface area contributed by atoms with Crippen LogP contribution in [-0.4, -0.2) is 40.8 Å². The van der Waals surface area contributed by atoms with Crippen molar-refractivity contribution < 1.29 is 17.9 Å². The highest BCUT2D eigenvalue weighted by Crippen LogP contribution is 2.07. The van der Waals surface area contributed by atoms with Gasteiger partial charge in [-0.25, -0.2) is 9.52 Å². The van der Waals surface area contributed by atoms with Crippen molar-refractivity contribution in [1.29, 1.82) is 0 Å². The normalized spacial score (nSPS) is 20.7. The van der Waals surface area contributed by atoms with E-state index in [0.29, 0.717) is 19.0 Å². The molecule has 7 nitrogen and oxygen atoms in total. The quantitative estimate of drug-likeness (QED) is 0.601. The molecule has 0 aliphatic carbocycles. The number of amides is 1. The van der Waals surface area contributed by atoms with Gasteiger partial charge < -0.3 is 10.1 Å². The molecule has 1 unspecified atom stereocenters. The first-order valence-corrected chi connectivity index (χ1v) is 6.60. The zero-order chi connectivity index (χ0) is 12.0. The van der Waals surface area contributed by atoms with Gasteiger partial charge in [0.05, 0.1) is 7.11 Å². The van der Waals surface area contributed by atoms with Crippen LogP contribution in [0.1, 0.15) is 19.3 Å². The monoisotopic (exact) mass is 251 g/mol. The van der Waals surface area contributed by atoms with Crippen molar-refractivity contribution in [2.45, 2.75) is 25.3 Å². The van der Waals surface area contributed by atoms with Crippen LogP contribution in [0.2, 0.25) is 0 Å². The van der Waals surface area contributed by atoms with Crippen LogP contribution in [0.3, 0.4) is 0 Å². The van der Waals surface area contributed by atoms with E-state index in [-0.39, 0.29) is 0 Å². The summed E-state index contributed by atoms with van der Waals surface area (Å²) in [5.74, 6) is 0. The molecule has 94 valence electrons. The molecule has 16 heavy (non-hydrogen) atoms. The Hall–Kier alpha value is -0.860. The second-order valence-corrected chi connectivity index (χ2v) is 5.07. The van der Waals surface area contributed by atoms with E-state index in [1.807, 2.05) is 0 Å². The Labute approximate surface area is 95.1 Å². The fourth-order valence-corrected chi connectivity index (χ4v) is 2.32. The van der Waals surface area contributed by atoms with E-state index in [4.69, 9.17) is 0 Å². The highest BCUT2D eigenvalue weighted by atomic mass is 32.2. The number of carbonyl (C=O) groups excluding carboxylic acids is 1. The van der Waals surface area contributed by atoms with E-state index in [1.165, 1.54) is 0 Å². The summed E-state index contributed by atoms with van der Waals surface area (Å²) in [6.45, 7) is 1.28. The minimum Gasteiger partial charge on any atom is -0.452 e. The van der Waals surface area contributed by atoms with Crippen LogP contribution in [0, 0.1) is 0 Å². The van der Waals surface area contributed by atoms with Gasteiger partial charge in [0, 0.05) is 12.6 Å². The number of ether oxygens (including phenoxy) is 1. The lowest BCUT2D eigenvalue weighted by molar-refractivity contribution is 0.177. The molecule has 0 aromatic rings. The molecule has 1 atom stereocenters. The summed E-state index contributed by atoms with van der Waals surface area (Å²) >= 11 is 0. The molecular weight excluding hydrogens is 234 g/mol. The molecule has 1 rings (SSSR count). The minimum atomic E-state index is -3.79. The molecule has 1 saturated heterocycles. The molecule has 0 bridgehead atoms. The van der Waals surface area contributed by atoms with Gasteiger partial charge in [0.2, 0.25) is 0 Å². The second-order valence-electron chi connectivity index (χ2n) is 3.57. The van der Waals surface area contributed by atoms with Gasteiger partial charge in [0.25, 0.3) is 0 Å². The van der Waals surface area contributed by atoms with E-state index in [0.717, 1.165) is 26.5 Å². The number of carbonyl (C=O) groups is 1. The van der Waals surface area contributed by atoms with Crippen LogP contribution in [0.4, 0.5) is 4.79 Å². The van der Waals surface area contributed by atoms with Crippen molar-refractivity contribution in [2.75, 3.05) is 20.2 Å². The molecule has 1 aliphatic heterocycles. The Morgan fingerprint density at radius 2 is 2.31 bits per heavy atom. The fraction of sp³-hybridized carbons (Fsp3) is 0.875. The number of hydrogen-bond acceptors (Lipinski definition) is 5. The first-order valence-electron chi connectivity index (χ1n) is 5.12. The molecule has 1 aliphatic rings. The molecule has 8 heteroatoms. The van der Waals surface area contributed by atoms with Crippen molar-refractivity contribution in [3.8, 4) is 0 Å². The van der Waals surface area contributed by atoms with Crippen LogP contribution in [0.5, 0.6) is 0 Å². The summed E-state index contributed by atoms with van der Waals surface area (Å²) in [5.41, 5.74) is 0. The third kappa shape index (κ3) is 4.77. The van der Waals surface area contributed by atoms with Gasteiger partial charge in [-0.2, -0.15) is 13.1 Å².